The maximum atomic E-state index is 11.3. The summed E-state index contributed by atoms with van der Waals surface area (Å²) in [6.45, 7) is 2.82. The van der Waals surface area contributed by atoms with Gasteiger partial charge in [-0.05, 0) is 13.8 Å². The van der Waals surface area contributed by atoms with Crippen LogP contribution in [0.4, 0.5) is 0 Å². The van der Waals surface area contributed by atoms with Gasteiger partial charge in [-0.15, -0.1) is 0 Å². The number of nitrogens with one attached hydrogen (secondary N) is 2. The molecule has 1 aliphatic rings. The molecule has 0 aliphatic carbocycles. The maximum Gasteiger partial charge on any atom is 0.245 e. The van der Waals surface area contributed by atoms with Crippen molar-refractivity contribution in [3.63, 3.8) is 0 Å². The molecule has 1 aliphatic heterocycles. The first kappa shape index (κ1) is 10.9. The molecule has 4 atom stereocenters. The molecule has 1 fully saturated rings. The van der Waals surface area contributed by atoms with Crippen LogP contribution in [0.5, 0.6) is 0 Å². The number of carbonyl (C=O) groups is 2. The van der Waals surface area contributed by atoms with Gasteiger partial charge in [0, 0.05) is 0 Å². The van der Waals surface area contributed by atoms with E-state index in [2.05, 4.69) is 10.6 Å². The van der Waals surface area contributed by atoms with Crippen LogP contribution in [0.3, 0.4) is 0 Å². The SMILES string of the molecule is CC(O)[C@@H]1NC(=O)[C@@H](C(C)O)NC1=O. The van der Waals surface area contributed by atoms with Crippen molar-refractivity contribution >= 4 is 11.8 Å². The Hall–Kier alpha value is -1.14. The molecule has 1 saturated heterocycles. The minimum absolute atomic E-state index is 0.481. The van der Waals surface area contributed by atoms with E-state index in [9.17, 15) is 9.59 Å². The molecule has 0 aromatic carbocycles. The third-order valence-electron chi connectivity index (χ3n) is 2.13. The van der Waals surface area contributed by atoms with Crippen molar-refractivity contribution in [2.24, 2.45) is 0 Å². The molecule has 1 heterocycles. The van der Waals surface area contributed by atoms with Crippen LogP contribution in [0.1, 0.15) is 13.8 Å². The lowest BCUT2D eigenvalue weighted by Crippen LogP contribution is -2.67. The number of aliphatic hydroxyl groups excluding tert-OH is 2. The van der Waals surface area contributed by atoms with E-state index in [0.29, 0.717) is 0 Å². The van der Waals surface area contributed by atoms with Gasteiger partial charge in [0.1, 0.15) is 12.1 Å². The summed E-state index contributed by atoms with van der Waals surface area (Å²) in [5, 5.41) is 23.0. The molecule has 2 amide bonds. The third-order valence-corrected chi connectivity index (χ3v) is 2.13. The van der Waals surface area contributed by atoms with Crippen LogP contribution in [0, 0.1) is 0 Å². The minimum atomic E-state index is -0.950. The topological polar surface area (TPSA) is 98.7 Å². The van der Waals surface area contributed by atoms with Gasteiger partial charge in [0.15, 0.2) is 0 Å². The summed E-state index contributed by atoms with van der Waals surface area (Å²) >= 11 is 0. The zero-order valence-electron chi connectivity index (χ0n) is 8.02. The molecule has 0 aromatic rings. The first-order chi connectivity index (χ1) is 6.43. The molecule has 2 unspecified atom stereocenters. The number of amides is 2. The molecule has 0 bridgehead atoms. The first-order valence-corrected chi connectivity index (χ1v) is 4.40. The van der Waals surface area contributed by atoms with Crippen LogP contribution in [-0.4, -0.2) is 46.3 Å². The van der Waals surface area contributed by atoms with Gasteiger partial charge in [-0.25, -0.2) is 0 Å². The molecule has 80 valence electrons. The zero-order valence-corrected chi connectivity index (χ0v) is 8.02. The predicted octanol–water partition coefficient (Wildman–Crippen LogP) is -2.27. The molecular formula is C8H14N2O4. The van der Waals surface area contributed by atoms with Gasteiger partial charge >= 0.3 is 0 Å². The second kappa shape index (κ2) is 3.93. The molecule has 0 spiro atoms. The second-order valence-corrected chi connectivity index (χ2v) is 3.45. The van der Waals surface area contributed by atoms with E-state index in [-0.39, 0.29) is 0 Å². The second-order valence-electron chi connectivity index (χ2n) is 3.45. The summed E-state index contributed by atoms with van der Waals surface area (Å²) < 4.78 is 0. The van der Waals surface area contributed by atoms with Crippen LogP contribution in [0.25, 0.3) is 0 Å². The fourth-order valence-electron chi connectivity index (χ4n) is 1.30. The number of aliphatic hydroxyl groups is 2. The largest absolute Gasteiger partial charge is 0.391 e. The Labute approximate surface area is 81.3 Å². The number of carbonyl (C=O) groups excluding carboxylic acids is 2. The average molecular weight is 202 g/mol. The molecule has 6 nitrogen and oxygen atoms in total. The van der Waals surface area contributed by atoms with E-state index >= 15 is 0 Å². The molecule has 0 aromatic heterocycles. The fourth-order valence-corrected chi connectivity index (χ4v) is 1.30. The number of hydrogen-bond donors (Lipinski definition) is 4. The number of hydrogen-bond acceptors (Lipinski definition) is 4. The predicted molar refractivity (Wildman–Crippen MR) is 47.2 cm³/mol. The average Bonchev–Trinajstić information content (AvgIpc) is 2.07. The zero-order chi connectivity index (χ0) is 10.9. The fraction of sp³-hybridized carbons (Fsp3) is 0.750. The van der Waals surface area contributed by atoms with E-state index < -0.39 is 36.1 Å². The van der Waals surface area contributed by atoms with E-state index in [4.69, 9.17) is 10.2 Å². The Balaban J connectivity index is 2.72. The smallest absolute Gasteiger partial charge is 0.245 e. The monoisotopic (exact) mass is 202 g/mol. The highest BCUT2D eigenvalue weighted by molar-refractivity contribution is 5.97. The third kappa shape index (κ3) is 2.02. The van der Waals surface area contributed by atoms with Crippen molar-refractivity contribution in [1.82, 2.24) is 10.6 Å². The summed E-state index contributed by atoms with van der Waals surface area (Å²) in [6.07, 6.45) is -1.90. The minimum Gasteiger partial charge on any atom is -0.391 e. The van der Waals surface area contributed by atoms with Crippen LogP contribution < -0.4 is 10.6 Å². The van der Waals surface area contributed by atoms with Crippen LogP contribution in [0.15, 0.2) is 0 Å². The standard InChI is InChI=1S/C8H14N2O4/c1-3(11)5-7(13)10-6(4(2)12)8(14)9-5/h3-6,11-12H,1-2H3,(H,9,14)(H,10,13)/t3?,4?,5-,6+. The number of rotatable bonds is 2. The molecular weight excluding hydrogens is 188 g/mol. The Morgan fingerprint density at radius 1 is 1.00 bits per heavy atom. The van der Waals surface area contributed by atoms with Gasteiger partial charge in [0.2, 0.25) is 11.8 Å². The van der Waals surface area contributed by atoms with Crippen molar-refractivity contribution in [2.45, 2.75) is 38.1 Å². The lowest BCUT2D eigenvalue weighted by Gasteiger charge is -2.32. The van der Waals surface area contributed by atoms with E-state index in [1.54, 1.807) is 0 Å². The highest BCUT2D eigenvalue weighted by Crippen LogP contribution is 2.04. The first-order valence-electron chi connectivity index (χ1n) is 4.40. The highest BCUT2D eigenvalue weighted by Gasteiger charge is 2.37. The molecule has 6 heteroatoms. The van der Waals surface area contributed by atoms with Gasteiger partial charge < -0.3 is 20.8 Å². The van der Waals surface area contributed by atoms with Crippen LogP contribution in [0.2, 0.25) is 0 Å². The lowest BCUT2D eigenvalue weighted by atomic mass is 10.0. The number of piperazine rings is 1. The van der Waals surface area contributed by atoms with Gasteiger partial charge in [-0.1, -0.05) is 0 Å². The van der Waals surface area contributed by atoms with Gasteiger partial charge in [0.25, 0.3) is 0 Å². The van der Waals surface area contributed by atoms with Crippen molar-refractivity contribution < 1.29 is 19.8 Å². The maximum absolute atomic E-state index is 11.3. The normalized spacial score (nSPS) is 31.7. The Kier molecular flexibility index (Phi) is 3.07. The summed E-state index contributed by atoms with van der Waals surface area (Å²) in [5.41, 5.74) is 0. The van der Waals surface area contributed by atoms with Gasteiger partial charge in [-0.2, -0.15) is 0 Å². The summed E-state index contributed by atoms with van der Waals surface area (Å²) in [7, 11) is 0. The molecule has 4 N–H and O–H groups in total. The summed E-state index contributed by atoms with van der Waals surface area (Å²) in [6, 6.07) is -1.87. The van der Waals surface area contributed by atoms with E-state index in [1.165, 1.54) is 13.8 Å². The van der Waals surface area contributed by atoms with Crippen molar-refractivity contribution in [3.05, 3.63) is 0 Å². The van der Waals surface area contributed by atoms with Crippen molar-refractivity contribution in [3.8, 4) is 0 Å². The van der Waals surface area contributed by atoms with Gasteiger partial charge in [0.05, 0.1) is 12.2 Å². The Bertz CT molecular complexity index is 226. The Morgan fingerprint density at radius 3 is 1.50 bits per heavy atom. The van der Waals surface area contributed by atoms with Crippen molar-refractivity contribution in [2.75, 3.05) is 0 Å². The lowest BCUT2D eigenvalue weighted by molar-refractivity contribution is -0.141. The summed E-state index contributed by atoms with van der Waals surface area (Å²) in [5.74, 6) is -0.962. The summed E-state index contributed by atoms with van der Waals surface area (Å²) in [4.78, 5) is 22.6. The van der Waals surface area contributed by atoms with Crippen LogP contribution in [-0.2, 0) is 9.59 Å². The Morgan fingerprint density at radius 2 is 1.29 bits per heavy atom. The van der Waals surface area contributed by atoms with E-state index in [0.717, 1.165) is 0 Å². The molecule has 0 radical (unpaired) electrons. The highest BCUT2D eigenvalue weighted by atomic mass is 16.3. The molecule has 0 saturated carbocycles. The van der Waals surface area contributed by atoms with E-state index in [1.807, 2.05) is 0 Å². The van der Waals surface area contributed by atoms with Crippen molar-refractivity contribution in [1.29, 1.82) is 0 Å². The van der Waals surface area contributed by atoms with Gasteiger partial charge in [-0.3, -0.25) is 9.59 Å². The van der Waals surface area contributed by atoms with Crippen LogP contribution >= 0.6 is 0 Å². The molecule has 1 rings (SSSR count). The molecule has 14 heavy (non-hydrogen) atoms. The quantitative estimate of drug-likeness (QED) is 0.406.